The maximum absolute atomic E-state index is 11.9. The number of nitrogens with zero attached hydrogens (tertiary/aromatic N) is 2. The topological polar surface area (TPSA) is 68.8 Å². The fraction of sp³-hybridized carbons (Fsp3) is 0.120. The average Bonchev–Trinajstić information content (AvgIpc) is 3.42. The van der Waals surface area contributed by atoms with Crippen molar-refractivity contribution in [3.05, 3.63) is 106 Å². The van der Waals surface area contributed by atoms with E-state index in [1.807, 2.05) is 68.4 Å². The van der Waals surface area contributed by atoms with E-state index in [1.165, 1.54) is 6.26 Å². The molecule has 1 N–H and O–H groups in total. The van der Waals surface area contributed by atoms with Gasteiger partial charge in [0.15, 0.2) is 5.76 Å². The van der Waals surface area contributed by atoms with Crippen LogP contribution >= 0.6 is 15.9 Å². The monoisotopic (exact) mass is 491 g/mol. The molecule has 162 valence electrons. The van der Waals surface area contributed by atoms with Gasteiger partial charge in [-0.15, -0.1) is 0 Å². The van der Waals surface area contributed by atoms with Gasteiger partial charge in [0.2, 0.25) is 0 Å². The predicted octanol–water partition coefficient (Wildman–Crippen LogP) is 5.79. The maximum Gasteiger partial charge on any atom is 0.307 e. The first-order valence-electron chi connectivity index (χ1n) is 10.0. The number of carbonyl (C=O) groups excluding carboxylic acids is 1. The molecule has 2 heterocycles. The van der Waals surface area contributed by atoms with Crippen molar-refractivity contribution >= 4 is 28.1 Å². The molecule has 0 atom stereocenters. The average molecular weight is 492 g/mol. The van der Waals surface area contributed by atoms with Crippen LogP contribution in [0.5, 0.6) is 5.75 Å². The molecule has 4 aromatic rings. The van der Waals surface area contributed by atoms with Gasteiger partial charge in [-0.3, -0.25) is 4.79 Å². The van der Waals surface area contributed by atoms with Crippen molar-refractivity contribution in [2.75, 3.05) is 0 Å². The Hall–Kier alpha value is -3.58. The third-order valence-corrected chi connectivity index (χ3v) is 5.53. The predicted molar refractivity (Wildman–Crippen MR) is 127 cm³/mol. The summed E-state index contributed by atoms with van der Waals surface area (Å²) in [5, 5.41) is 4.06. The van der Waals surface area contributed by atoms with Crippen LogP contribution < -0.4 is 10.2 Å². The van der Waals surface area contributed by atoms with Crippen molar-refractivity contribution in [1.82, 2.24) is 9.99 Å². The molecule has 0 aliphatic heterocycles. The summed E-state index contributed by atoms with van der Waals surface area (Å²) < 4.78 is 14.1. The zero-order valence-corrected chi connectivity index (χ0v) is 19.3. The Balaban J connectivity index is 1.43. The van der Waals surface area contributed by atoms with E-state index in [4.69, 9.17) is 9.15 Å². The van der Waals surface area contributed by atoms with Crippen molar-refractivity contribution in [3.63, 3.8) is 0 Å². The van der Waals surface area contributed by atoms with Crippen LogP contribution in [-0.2, 0) is 6.61 Å². The summed E-state index contributed by atoms with van der Waals surface area (Å²) in [7, 11) is 0. The molecule has 0 saturated heterocycles. The highest BCUT2D eigenvalue weighted by Gasteiger charge is 2.11. The van der Waals surface area contributed by atoms with Crippen molar-refractivity contribution in [1.29, 1.82) is 0 Å². The molecule has 0 saturated carbocycles. The molecule has 2 aromatic heterocycles. The molecule has 0 bridgehead atoms. The highest BCUT2D eigenvalue weighted by Crippen LogP contribution is 2.23. The number of hydrazone groups is 1. The summed E-state index contributed by atoms with van der Waals surface area (Å²) in [6.07, 6.45) is 3.08. The number of hydrogen-bond donors (Lipinski definition) is 1. The number of aromatic nitrogens is 1. The third-order valence-electron chi connectivity index (χ3n) is 5.00. The van der Waals surface area contributed by atoms with E-state index in [2.05, 4.69) is 31.0 Å². The molecule has 2 aromatic carbocycles. The van der Waals surface area contributed by atoms with Gasteiger partial charge in [0, 0.05) is 27.1 Å². The zero-order valence-electron chi connectivity index (χ0n) is 17.7. The largest absolute Gasteiger partial charge is 0.489 e. The molecule has 1 amide bonds. The van der Waals surface area contributed by atoms with E-state index < -0.39 is 5.91 Å². The normalized spacial score (nSPS) is 11.1. The first kappa shape index (κ1) is 21.6. The molecule has 7 heteroatoms. The highest BCUT2D eigenvalue weighted by molar-refractivity contribution is 9.10. The molecular formula is C25H22BrN3O3. The Bertz CT molecular complexity index is 1220. The number of nitrogens with one attached hydrogen (secondary N) is 1. The minimum absolute atomic E-state index is 0.218. The van der Waals surface area contributed by atoms with Crippen LogP contribution in [0.4, 0.5) is 0 Å². The number of amides is 1. The molecular weight excluding hydrogens is 470 g/mol. The van der Waals surface area contributed by atoms with Crippen LogP contribution in [0.3, 0.4) is 0 Å². The van der Waals surface area contributed by atoms with Gasteiger partial charge in [0.05, 0.1) is 12.5 Å². The second-order valence-corrected chi connectivity index (χ2v) is 8.16. The summed E-state index contributed by atoms with van der Waals surface area (Å²) in [5.74, 6) is 0.635. The summed E-state index contributed by atoms with van der Waals surface area (Å²) in [5.41, 5.74) is 7.60. The highest BCUT2D eigenvalue weighted by atomic mass is 79.9. The Morgan fingerprint density at radius 2 is 1.88 bits per heavy atom. The number of rotatable bonds is 7. The first-order chi connectivity index (χ1) is 15.5. The van der Waals surface area contributed by atoms with Crippen molar-refractivity contribution in [3.8, 4) is 11.4 Å². The van der Waals surface area contributed by atoms with Crippen LogP contribution in [0.25, 0.3) is 5.69 Å². The Labute approximate surface area is 194 Å². The second kappa shape index (κ2) is 9.70. The molecule has 6 nitrogen and oxygen atoms in total. The molecule has 32 heavy (non-hydrogen) atoms. The van der Waals surface area contributed by atoms with Gasteiger partial charge in [-0.05, 0) is 74.0 Å². The molecule has 4 rings (SSSR count). The fourth-order valence-electron chi connectivity index (χ4n) is 3.38. The van der Waals surface area contributed by atoms with Crippen LogP contribution in [0.15, 0.2) is 87.0 Å². The van der Waals surface area contributed by atoms with Gasteiger partial charge < -0.3 is 13.7 Å². The summed E-state index contributed by atoms with van der Waals surface area (Å²) >= 11 is 3.44. The van der Waals surface area contributed by atoms with E-state index in [1.54, 1.807) is 18.3 Å². The van der Waals surface area contributed by atoms with Gasteiger partial charge >= 0.3 is 5.91 Å². The van der Waals surface area contributed by atoms with Crippen molar-refractivity contribution < 1.29 is 13.9 Å². The quantitative estimate of drug-likeness (QED) is 0.262. The second-order valence-electron chi connectivity index (χ2n) is 7.25. The Morgan fingerprint density at radius 3 is 2.56 bits per heavy atom. The van der Waals surface area contributed by atoms with Gasteiger partial charge in [0.25, 0.3) is 0 Å². The zero-order chi connectivity index (χ0) is 22.5. The van der Waals surface area contributed by atoms with Gasteiger partial charge in [-0.25, -0.2) is 5.43 Å². The Morgan fingerprint density at radius 1 is 1.12 bits per heavy atom. The van der Waals surface area contributed by atoms with Crippen LogP contribution in [0.2, 0.25) is 0 Å². The van der Waals surface area contributed by atoms with Crippen molar-refractivity contribution in [2.45, 2.75) is 20.5 Å². The third kappa shape index (κ3) is 5.00. The number of carbonyl (C=O) groups is 1. The number of halogens is 1. The van der Waals surface area contributed by atoms with Crippen LogP contribution in [0.1, 0.15) is 33.1 Å². The number of ether oxygens (including phenoxy) is 1. The van der Waals surface area contributed by atoms with E-state index in [0.29, 0.717) is 6.61 Å². The first-order valence-corrected chi connectivity index (χ1v) is 10.8. The summed E-state index contributed by atoms with van der Waals surface area (Å²) in [6.45, 7) is 4.56. The lowest BCUT2D eigenvalue weighted by Crippen LogP contribution is -2.16. The van der Waals surface area contributed by atoms with Crippen LogP contribution in [0, 0.1) is 13.8 Å². The summed E-state index contributed by atoms with van der Waals surface area (Å²) in [4.78, 5) is 11.9. The van der Waals surface area contributed by atoms with E-state index in [9.17, 15) is 4.79 Å². The number of aryl methyl sites for hydroxylation is 1. The molecule has 0 aliphatic carbocycles. The number of benzene rings is 2. The SMILES string of the molecule is Cc1cc(/C=N\NC(=O)c2ccco2)c(C)n1-c1ccc(OCc2ccc(Br)cc2)cc1. The molecule has 0 radical (unpaired) electrons. The smallest absolute Gasteiger partial charge is 0.307 e. The molecule has 0 fully saturated rings. The lowest BCUT2D eigenvalue weighted by atomic mass is 10.2. The minimum Gasteiger partial charge on any atom is -0.489 e. The minimum atomic E-state index is -0.390. The fourth-order valence-corrected chi connectivity index (χ4v) is 3.64. The van der Waals surface area contributed by atoms with Crippen LogP contribution in [-0.4, -0.2) is 16.7 Å². The lowest BCUT2D eigenvalue weighted by molar-refractivity contribution is 0.0927. The molecule has 0 aliphatic rings. The van der Waals surface area contributed by atoms with E-state index in [0.717, 1.165) is 38.4 Å². The number of hydrogen-bond acceptors (Lipinski definition) is 4. The number of furan rings is 1. The van der Waals surface area contributed by atoms with Crippen molar-refractivity contribution in [2.24, 2.45) is 5.10 Å². The van der Waals surface area contributed by atoms with Gasteiger partial charge in [-0.2, -0.15) is 5.10 Å². The molecule has 0 spiro atoms. The summed E-state index contributed by atoms with van der Waals surface area (Å²) in [6, 6.07) is 21.3. The van der Waals surface area contributed by atoms with Gasteiger partial charge in [-0.1, -0.05) is 28.1 Å². The standard InChI is InChI=1S/C25H22BrN3O3/c1-17-14-20(15-27-28-25(30)24-4-3-13-31-24)18(2)29(17)22-9-11-23(12-10-22)32-16-19-5-7-21(26)8-6-19/h3-15H,16H2,1-2H3,(H,28,30)/b27-15-. The molecule has 0 unspecified atom stereocenters. The lowest BCUT2D eigenvalue weighted by Gasteiger charge is -2.11. The van der Waals surface area contributed by atoms with E-state index >= 15 is 0 Å². The maximum atomic E-state index is 11.9. The Kier molecular flexibility index (Phi) is 6.56. The van der Waals surface area contributed by atoms with Gasteiger partial charge in [0.1, 0.15) is 12.4 Å². The van der Waals surface area contributed by atoms with E-state index in [-0.39, 0.29) is 5.76 Å².